The first-order chi connectivity index (χ1) is 9.74. The van der Waals surface area contributed by atoms with Gasteiger partial charge in [0.15, 0.2) is 0 Å². The maximum absolute atomic E-state index is 10.6. The lowest BCUT2D eigenvalue weighted by molar-refractivity contribution is -0.384. The fraction of sp³-hybridized carbons (Fsp3) is 0.0667. The number of para-hydroxylation sites is 1. The topological polar surface area (TPSA) is 71.0 Å². The second-order valence-electron chi connectivity index (χ2n) is 4.52. The Balaban J connectivity index is 1.76. The van der Waals surface area contributed by atoms with E-state index in [-0.39, 0.29) is 5.69 Å². The number of hydrogen-bond acceptors (Lipinski definition) is 3. The van der Waals surface area contributed by atoms with Crippen molar-refractivity contribution in [3.05, 3.63) is 70.4 Å². The molecule has 100 valence electrons. The molecule has 0 aliphatic carbocycles. The Labute approximate surface area is 115 Å². The minimum atomic E-state index is -0.392. The van der Waals surface area contributed by atoms with E-state index < -0.39 is 4.92 Å². The molecule has 20 heavy (non-hydrogen) atoms. The molecule has 0 unspecified atom stereocenters. The maximum atomic E-state index is 10.6. The van der Waals surface area contributed by atoms with Gasteiger partial charge in [-0.25, -0.2) is 0 Å². The molecule has 0 bridgehead atoms. The number of fused-ring (bicyclic) bond motifs is 1. The van der Waals surface area contributed by atoms with Crippen molar-refractivity contribution in [3.8, 4) is 0 Å². The number of hydrogen-bond donors (Lipinski definition) is 2. The molecular formula is C15H13N3O2. The summed E-state index contributed by atoms with van der Waals surface area (Å²) in [6.07, 6.45) is 1.90. The Morgan fingerprint density at radius 3 is 2.65 bits per heavy atom. The molecule has 2 N–H and O–H groups in total. The summed E-state index contributed by atoms with van der Waals surface area (Å²) in [7, 11) is 0. The van der Waals surface area contributed by atoms with Crippen LogP contribution in [0.4, 0.5) is 11.4 Å². The van der Waals surface area contributed by atoms with Crippen LogP contribution in [0.15, 0.2) is 54.7 Å². The van der Waals surface area contributed by atoms with E-state index in [1.165, 1.54) is 12.1 Å². The number of nitrogens with zero attached hydrogens (tertiary/aromatic N) is 1. The van der Waals surface area contributed by atoms with Gasteiger partial charge >= 0.3 is 0 Å². The smallest absolute Gasteiger partial charge is 0.269 e. The molecular weight excluding hydrogens is 254 g/mol. The number of aromatic nitrogens is 1. The molecule has 5 nitrogen and oxygen atoms in total. The second-order valence-corrected chi connectivity index (χ2v) is 4.52. The molecule has 0 amide bonds. The molecule has 3 aromatic rings. The molecule has 1 aromatic heterocycles. The first-order valence-corrected chi connectivity index (χ1v) is 6.27. The summed E-state index contributed by atoms with van der Waals surface area (Å²) in [6.45, 7) is 0.621. The van der Waals surface area contributed by atoms with Crippen LogP contribution in [0, 0.1) is 10.1 Å². The summed E-state index contributed by atoms with van der Waals surface area (Å²) >= 11 is 0. The Hall–Kier alpha value is -2.82. The summed E-state index contributed by atoms with van der Waals surface area (Å²) < 4.78 is 0. The number of nitrogens with one attached hydrogen (secondary N) is 2. The van der Waals surface area contributed by atoms with Crippen LogP contribution >= 0.6 is 0 Å². The van der Waals surface area contributed by atoms with Crippen molar-refractivity contribution in [1.29, 1.82) is 0 Å². The molecule has 0 saturated heterocycles. The zero-order valence-corrected chi connectivity index (χ0v) is 10.7. The van der Waals surface area contributed by atoms with Crippen LogP contribution in [-0.2, 0) is 6.54 Å². The van der Waals surface area contributed by atoms with Gasteiger partial charge in [-0.1, -0.05) is 24.3 Å². The highest BCUT2D eigenvalue weighted by Gasteiger charge is 2.05. The highest BCUT2D eigenvalue weighted by atomic mass is 16.6. The minimum absolute atomic E-state index is 0.111. The zero-order chi connectivity index (χ0) is 13.9. The standard InChI is InChI=1S/C15H13N3O2/c19-18(20)13-6-4-11(5-7-13)10-17-14-3-1-2-12-8-9-16-15(12)14/h1-9,16-17H,10H2. The highest BCUT2D eigenvalue weighted by molar-refractivity contribution is 5.90. The van der Waals surface area contributed by atoms with Crippen molar-refractivity contribution in [2.75, 3.05) is 5.32 Å². The van der Waals surface area contributed by atoms with Gasteiger partial charge < -0.3 is 10.3 Å². The monoisotopic (exact) mass is 267 g/mol. The van der Waals surface area contributed by atoms with E-state index in [9.17, 15) is 10.1 Å². The van der Waals surface area contributed by atoms with Crippen LogP contribution in [0.3, 0.4) is 0 Å². The van der Waals surface area contributed by atoms with Crippen LogP contribution in [0.25, 0.3) is 10.9 Å². The van der Waals surface area contributed by atoms with Gasteiger partial charge in [0.2, 0.25) is 0 Å². The molecule has 0 radical (unpaired) electrons. The Morgan fingerprint density at radius 2 is 1.90 bits per heavy atom. The van der Waals surface area contributed by atoms with Gasteiger partial charge in [-0.15, -0.1) is 0 Å². The average Bonchev–Trinajstić information content (AvgIpc) is 2.94. The minimum Gasteiger partial charge on any atom is -0.379 e. The zero-order valence-electron chi connectivity index (χ0n) is 10.7. The van der Waals surface area contributed by atoms with Crippen LogP contribution < -0.4 is 5.32 Å². The van der Waals surface area contributed by atoms with Gasteiger partial charge in [-0.2, -0.15) is 0 Å². The Bertz CT molecular complexity index is 747. The molecule has 3 rings (SSSR count). The quantitative estimate of drug-likeness (QED) is 0.559. The van der Waals surface area contributed by atoms with Gasteiger partial charge in [0.05, 0.1) is 16.1 Å². The molecule has 0 aliphatic rings. The SMILES string of the molecule is O=[N+]([O-])c1ccc(CNc2cccc3cc[nH]c23)cc1. The first kappa shape index (κ1) is 12.2. The number of benzene rings is 2. The molecule has 0 aliphatic heterocycles. The van der Waals surface area contributed by atoms with Crippen molar-refractivity contribution in [3.63, 3.8) is 0 Å². The fourth-order valence-electron chi connectivity index (χ4n) is 2.17. The summed E-state index contributed by atoms with van der Waals surface area (Å²) in [5, 5.41) is 15.1. The van der Waals surface area contributed by atoms with Crippen molar-refractivity contribution in [1.82, 2.24) is 4.98 Å². The summed E-state index contributed by atoms with van der Waals surface area (Å²) in [4.78, 5) is 13.4. The number of anilines is 1. The molecule has 5 heteroatoms. The maximum Gasteiger partial charge on any atom is 0.269 e. The van der Waals surface area contributed by atoms with Crippen LogP contribution in [0.2, 0.25) is 0 Å². The van der Waals surface area contributed by atoms with E-state index in [1.54, 1.807) is 12.1 Å². The number of nitro benzene ring substituents is 1. The third kappa shape index (κ3) is 2.33. The van der Waals surface area contributed by atoms with Crippen molar-refractivity contribution in [2.45, 2.75) is 6.54 Å². The predicted octanol–water partition coefficient (Wildman–Crippen LogP) is 3.69. The van der Waals surface area contributed by atoms with Crippen LogP contribution in [0.5, 0.6) is 0 Å². The number of aromatic amines is 1. The van der Waals surface area contributed by atoms with E-state index in [0.717, 1.165) is 22.2 Å². The van der Waals surface area contributed by atoms with Gasteiger partial charge in [0.1, 0.15) is 0 Å². The van der Waals surface area contributed by atoms with Crippen molar-refractivity contribution >= 4 is 22.3 Å². The lowest BCUT2D eigenvalue weighted by Crippen LogP contribution is -2.00. The number of rotatable bonds is 4. The number of non-ortho nitro benzene ring substituents is 1. The Morgan fingerprint density at radius 1 is 1.10 bits per heavy atom. The molecule has 0 saturated carbocycles. The third-order valence-electron chi connectivity index (χ3n) is 3.22. The summed E-state index contributed by atoms with van der Waals surface area (Å²) in [5.41, 5.74) is 3.19. The van der Waals surface area contributed by atoms with Crippen LogP contribution in [0.1, 0.15) is 5.56 Å². The van der Waals surface area contributed by atoms with E-state index in [0.29, 0.717) is 6.54 Å². The third-order valence-corrected chi connectivity index (χ3v) is 3.22. The van der Waals surface area contributed by atoms with E-state index >= 15 is 0 Å². The molecule has 0 fully saturated rings. The highest BCUT2D eigenvalue weighted by Crippen LogP contribution is 2.22. The normalized spacial score (nSPS) is 10.6. The van der Waals surface area contributed by atoms with Gasteiger partial charge in [-0.3, -0.25) is 10.1 Å². The van der Waals surface area contributed by atoms with Gasteiger partial charge in [-0.05, 0) is 17.7 Å². The van der Waals surface area contributed by atoms with Gasteiger partial charge in [0.25, 0.3) is 5.69 Å². The van der Waals surface area contributed by atoms with E-state index in [4.69, 9.17) is 0 Å². The lowest BCUT2D eigenvalue weighted by atomic mass is 10.2. The predicted molar refractivity (Wildman–Crippen MR) is 78.7 cm³/mol. The summed E-state index contributed by atoms with van der Waals surface area (Å²) in [6, 6.07) is 14.6. The number of nitro groups is 1. The Kier molecular flexibility index (Phi) is 3.09. The molecule has 0 atom stereocenters. The van der Waals surface area contributed by atoms with Crippen molar-refractivity contribution < 1.29 is 4.92 Å². The average molecular weight is 267 g/mol. The van der Waals surface area contributed by atoms with E-state index in [2.05, 4.69) is 10.3 Å². The number of H-pyrrole nitrogens is 1. The molecule has 1 heterocycles. The van der Waals surface area contributed by atoms with Crippen LogP contribution in [-0.4, -0.2) is 9.91 Å². The largest absolute Gasteiger partial charge is 0.379 e. The molecule has 0 spiro atoms. The molecule has 2 aromatic carbocycles. The second kappa shape index (κ2) is 5.05. The van der Waals surface area contributed by atoms with Crippen molar-refractivity contribution in [2.24, 2.45) is 0 Å². The van der Waals surface area contributed by atoms with E-state index in [1.807, 2.05) is 30.5 Å². The van der Waals surface area contributed by atoms with Gasteiger partial charge in [0, 0.05) is 30.3 Å². The lowest BCUT2D eigenvalue weighted by Gasteiger charge is -2.07. The first-order valence-electron chi connectivity index (χ1n) is 6.27. The summed E-state index contributed by atoms with van der Waals surface area (Å²) in [5.74, 6) is 0. The fourth-order valence-corrected chi connectivity index (χ4v) is 2.17.